The van der Waals surface area contributed by atoms with E-state index in [-0.39, 0.29) is 6.10 Å². The van der Waals surface area contributed by atoms with Crippen molar-refractivity contribution in [1.29, 1.82) is 0 Å². The fourth-order valence-electron chi connectivity index (χ4n) is 4.16. The van der Waals surface area contributed by atoms with E-state index in [0.29, 0.717) is 17.8 Å². The van der Waals surface area contributed by atoms with E-state index in [1.165, 1.54) is 22.3 Å². The molecule has 1 nitrogen and oxygen atoms in total. The van der Waals surface area contributed by atoms with Crippen LogP contribution in [-0.4, -0.2) is 11.2 Å². The van der Waals surface area contributed by atoms with Crippen LogP contribution in [0, 0.1) is 5.92 Å². The Hall–Kier alpha value is -1.60. The van der Waals surface area contributed by atoms with E-state index in [2.05, 4.69) is 48.5 Å². The lowest BCUT2D eigenvalue weighted by Crippen LogP contribution is -2.37. The highest BCUT2D eigenvalue weighted by atomic mass is 16.3. The van der Waals surface area contributed by atoms with Crippen molar-refractivity contribution in [1.82, 2.24) is 0 Å². The number of benzene rings is 2. The molecule has 0 radical (unpaired) electrons. The highest BCUT2D eigenvalue weighted by Crippen LogP contribution is 2.55. The van der Waals surface area contributed by atoms with Gasteiger partial charge in [0.25, 0.3) is 0 Å². The normalized spacial score (nSPS) is 28.6. The van der Waals surface area contributed by atoms with Gasteiger partial charge in [0.05, 0.1) is 6.10 Å². The van der Waals surface area contributed by atoms with Crippen LogP contribution in [0.15, 0.2) is 48.5 Å². The maximum Gasteiger partial charge on any atom is 0.0549 e. The molecule has 5 rings (SSSR count). The second-order valence-corrected chi connectivity index (χ2v) is 5.93. The third-order valence-corrected chi connectivity index (χ3v) is 4.97. The summed E-state index contributed by atoms with van der Waals surface area (Å²) in [5.74, 6) is 1.20. The zero-order valence-electron chi connectivity index (χ0n) is 11.1. The molecule has 0 spiro atoms. The van der Waals surface area contributed by atoms with Crippen LogP contribution in [0.1, 0.15) is 47.4 Å². The van der Waals surface area contributed by atoms with E-state index in [1.807, 2.05) is 6.92 Å². The van der Waals surface area contributed by atoms with E-state index in [0.717, 1.165) is 6.42 Å². The Labute approximate surface area is 113 Å². The molecule has 0 aliphatic heterocycles. The highest BCUT2D eigenvalue weighted by molar-refractivity contribution is 5.55. The van der Waals surface area contributed by atoms with E-state index in [9.17, 15) is 5.11 Å². The second kappa shape index (κ2) is 3.94. The highest BCUT2D eigenvalue weighted by Gasteiger charge is 2.44. The van der Waals surface area contributed by atoms with E-state index >= 15 is 0 Å². The number of rotatable bonds is 1. The van der Waals surface area contributed by atoms with Crippen LogP contribution < -0.4 is 0 Å². The van der Waals surface area contributed by atoms with Crippen molar-refractivity contribution >= 4 is 0 Å². The SMILES string of the molecule is C[C@H](O)[C@@H]1CC2c3ccccc3C1c1ccccc12. The molecule has 0 amide bonds. The minimum Gasteiger partial charge on any atom is -0.393 e. The Bertz CT molecular complexity index is 582. The van der Waals surface area contributed by atoms with Gasteiger partial charge >= 0.3 is 0 Å². The van der Waals surface area contributed by atoms with Gasteiger partial charge in [-0.3, -0.25) is 0 Å². The van der Waals surface area contributed by atoms with Crippen LogP contribution in [-0.2, 0) is 0 Å². The van der Waals surface area contributed by atoms with Gasteiger partial charge in [-0.25, -0.2) is 0 Å². The van der Waals surface area contributed by atoms with Crippen molar-refractivity contribution in [3.8, 4) is 0 Å². The number of aliphatic hydroxyl groups excluding tert-OH is 1. The molecule has 0 heterocycles. The van der Waals surface area contributed by atoms with Gasteiger partial charge in [0, 0.05) is 11.8 Å². The molecule has 0 aromatic heterocycles. The van der Waals surface area contributed by atoms with E-state index < -0.39 is 0 Å². The van der Waals surface area contributed by atoms with Gasteiger partial charge in [0.15, 0.2) is 0 Å². The first-order valence-corrected chi connectivity index (χ1v) is 7.13. The topological polar surface area (TPSA) is 20.2 Å². The molecule has 0 saturated carbocycles. The summed E-state index contributed by atoms with van der Waals surface area (Å²) in [6, 6.07) is 17.6. The molecule has 3 aliphatic rings. The Morgan fingerprint density at radius 2 is 1.37 bits per heavy atom. The molecule has 0 fully saturated rings. The van der Waals surface area contributed by atoms with Crippen LogP contribution >= 0.6 is 0 Å². The molecule has 96 valence electrons. The molecule has 2 aromatic rings. The summed E-state index contributed by atoms with van der Waals surface area (Å²) in [6.45, 7) is 1.94. The van der Waals surface area contributed by atoms with Crippen molar-refractivity contribution in [2.24, 2.45) is 5.92 Å². The molecule has 2 bridgehead atoms. The van der Waals surface area contributed by atoms with Gasteiger partial charge in [0.2, 0.25) is 0 Å². The smallest absolute Gasteiger partial charge is 0.0549 e. The van der Waals surface area contributed by atoms with Gasteiger partial charge in [-0.1, -0.05) is 48.5 Å². The number of hydrogen-bond acceptors (Lipinski definition) is 1. The van der Waals surface area contributed by atoms with Crippen LogP contribution in [0.5, 0.6) is 0 Å². The summed E-state index contributed by atoms with van der Waals surface area (Å²) in [4.78, 5) is 0. The molecule has 19 heavy (non-hydrogen) atoms. The first-order chi connectivity index (χ1) is 9.27. The van der Waals surface area contributed by atoms with E-state index in [4.69, 9.17) is 0 Å². The van der Waals surface area contributed by atoms with Gasteiger partial charge in [0.1, 0.15) is 0 Å². The monoisotopic (exact) mass is 250 g/mol. The summed E-state index contributed by atoms with van der Waals surface area (Å²) >= 11 is 0. The Kier molecular flexibility index (Phi) is 2.33. The summed E-state index contributed by atoms with van der Waals surface area (Å²) in [6.07, 6.45) is 0.838. The molecule has 1 N–H and O–H groups in total. The lowest BCUT2D eigenvalue weighted by Gasteiger charge is -2.46. The van der Waals surface area contributed by atoms with E-state index in [1.54, 1.807) is 0 Å². The summed E-state index contributed by atoms with van der Waals surface area (Å²) in [7, 11) is 0. The number of fused-ring (bicyclic) bond motifs is 1. The third kappa shape index (κ3) is 1.45. The number of hydrogen-bond donors (Lipinski definition) is 1. The van der Waals surface area contributed by atoms with Crippen LogP contribution in [0.4, 0.5) is 0 Å². The average molecular weight is 250 g/mol. The van der Waals surface area contributed by atoms with Crippen molar-refractivity contribution in [2.75, 3.05) is 0 Å². The molecule has 0 unspecified atom stereocenters. The average Bonchev–Trinajstić information content (AvgIpc) is 2.47. The molecule has 2 aromatic carbocycles. The standard InChI is InChI=1S/C18H18O/c1-11(19)16-10-17-12-6-2-4-8-14(12)18(16)15-9-5-3-7-13(15)17/h2-9,11,16-19H,10H2,1H3/t11-,16-,17?,18?/m0/s1. The Morgan fingerprint density at radius 3 is 1.84 bits per heavy atom. The van der Waals surface area contributed by atoms with Gasteiger partial charge in [-0.2, -0.15) is 0 Å². The van der Waals surface area contributed by atoms with Crippen LogP contribution in [0.3, 0.4) is 0 Å². The molecule has 0 saturated heterocycles. The predicted octanol–water partition coefficient (Wildman–Crippen LogP) is 3.66. The first kappa shape index (κ1) is 11.2. The molecule has 1 heteroatoms. The third-order valence-electron chi connectivity index (χ3n) is 4.97. The Morgan fingerprint density at radius 1 is 0.895 bits per heavy atom. The first-order valence-electron chi connectivity index (χ1n) is 7.13. The van der Waals surface area contributed by atoms with Crippen LogP contribution in [0.25, 0.3) is 0 Å². The zero-order chi connectivity index (χ0) is 13.0. The summed E-state index contributed by atoms with van der Waals surface area (Å²) in [5, 5.41) is 10.2. The largest absolute Gasteiger partial charge is 0.393 e. The zero-order valence-corrected chi connectivity index (χ0v) is 11.1. The maximum atomic E-state index is 10.2. The number of aliphatic hydroxyl groups is 1. The molecule has 3 aliphatic carbocycles. The maximum absolute atomic E-state index is 10.2. The van der Waals surface area contributed by atoms with Crippen molar-refractivity contribution in [3.05, 3.63) is 70.8 Å². The van der Waals surface area contributed by atoms with Crippen molar-refractivity contribution < 1.29 is 5.11 Å². The Balaban J connectivity index is 1.98. The minimum atomic E-state index is -0.241. The lowest BCUT2D eigenvalue weighted by molar-refractivity contribution is 0.0970. The fourth-order valence-corrected chi connectivity index (χ4v) is 4.16. The predicted molar refractivity (Wildman–Crippen MR) is 76.4 cm³/mol. The molecular weight excluding hydrogens is 232 g/mol. The fraction of sp³-hybridized carbons (Fsp3) is 0.333. The van der Waals surface area contributed by atoms with Crippen molar-refractivity contribution in [3.63, 3.8) is 0 Å². The molecule has 2 atom stereocenters. The quantitative estimate of drug-likeness (QED) is 0.819. The summed E-state index contributed by atoms with van der Waals surface area (Å²) < 4.78 is 0. The van der Waals surface area contributed by atoms with Crippen molar-refractivity contribution in [2.45, 2.75) is 31.3 Å². The second-order valence-electron chi connectivity index (χ2n) is 5.93. The van der Waals surface area contributed by atoms with Gasteiger partial charge in [-0.05, 0) is 41.5 Å². The van der Waals surface area contributed by atoms with Gasteiger partial charge < -0.3 is 5.11 Å². The minimum absolute atomic E-state index is 0.241. The summed E-state index contributed by atoms with van der Waals surface area (Å²) in [5.41, 5.74) is 5.82. The van der Waals surface area contributed by atoms with Crippen LogP contribution in [0.2, 0.25) is 0 Å². The lowest BCUT2D eigenvalue weighted by atomic mass is 9.58. The van der Waals surface area contributed by atoms with Gasteiger partial charge in [-0.15, -0.1) is 0 Å². The molecular formula is C18H18O.